The van der Waals surface area contributed by atoms with Crippen LogP contribution < -0.4 is 10.2 Å². The molecule has 1 heterocycles. The van der Waals surface area contributed by atoms with Crippen LogP contribution in [-0.2, 0) is 9.53 Å². The molecule has 2 aromatic carbocycles. The van der Waals surface area contributed by atoms with Crippen LogP contribution in [-0.4, -0.2) is 39.4 Å². The number of benzene rings is 2. The van der Waals surface area contributed by atoms with Crippen LogP contribution in [0.3, 0.4) is 0 Å². The summed E-state index contributed by atoms with van der Waals surface area (Å²) < 4.78 is 52.4. The first-order chi connectivity index (χ1) is 14.5. The highest BCUT2D eigenvalue weighted by Crippen LogP contribution is 2.37. The van der Waals surface area contributed by atoms with Crippen molar-refractivity contribution in [2.24, 2.45) is 5.92 Å². The number of methoxy groups -OCH3 is 1. The molecule has 0 saturated heterocycles. The Balaban J connectivity index is 2.04. The molecule has 31 heavy (non-hydrogen) atoms. The normalized spacial score (nSPS) is 14.2. The van der Waals surface area contributed by atoms with E-state index in [0.717, 1.165) is 16.5 Å². The minimum absolute atomic E-state index is 0.00855. The van der Waals surface area contributed by atoms with Crippen molar-refractivity contribution in [2.45, 2.75) is 38.5 Å². The second-order valence-corrected chi connectivity index (χ2v) is 8.28. The van der Waals surface area contributed by atoms with Crippen molar-refractivity contribution >= 4 is 33.6 Å². The van der Waals surface area contributed by atoms with Crippen LogP contribution in [0.15, 0.2) is 40.8 Å². The Morgan fingerprint density at radius 1 is 1.10 bits per heavy atom. The molecule has 5 nitrogen and oxygen atoms in total. The lowest BCUT2D eigenvalue weighted by molar-refractivity contribution is -0.164. The molecule has 8 heteroatoms. The first-order valence-electron chi connectivity index (χ1n) is 10.1. The molecule has 1 unspecified atom stereocenters. The number of anilines is 1. The van der Waals surface area contributed by atoms with Crippen LogP contribution >= 0.6 is 0 Å². The zero-order chi connectivity index (χ0) is 22.9. The molecular weight excluding hydrogens is 409 g/mol. The number of hydrogen-bond acceptors (Lipinski definition) is 5. The fraction of sp³-hybridized carbons (Fsp3) is 0.435. The number of rotatable bonds is 7. The molecule has 0 aliphatic rings. The van der Waals surface area contributed by atoms with Gasteiger partial charge >= 0.3 is 12.1 Å². The summed E-state index contributed by atoms with van der Waals surface area (Å²) in [6, 6.07) is 6.96. The zero-order valence-electron chi connectivity index (χ0n) is 18.2. The minimum atomic E-state index is -4.61. The Labute approximate surface area is 179 Å². The van der Waals surface area contributed by atoms with Crippen molar-refractivity contribution in [3.63, 3.8) is 0 Å². The van der Waals surface area contributed by atoms with E-state index in [2.05, 4.69) is 5.32 Å². The summed E-state index contributed by atoms with van der Waals surface area (Å²) in [6.45, 7) is 3.67. The molecule has 0 spiro atoms. The second-order valence-electron chi connectivity index (χ2n) is 8.28. The number of nitrogens with one attached hydrogen (secondary N) is 1. The van der Waals surface area contributed by atoms with E-state index in [0.29, 0.717) is 11.2 Å². The van der Waals surface area contributed by atoms with Crippen molar-refractivity contribution in [1.82, 2.24) is 5.32 Å². The number of ether oxygens (including phenoxy) is 1. The van der Waals surface area contributed by atoms with E-state index in [-0.39, 0.29) is 17.9 Å². The number of furan rings is 1. The molecule has 1 N–H and O–H groups in total. The third-order valence-corrected chi connectivity index (χ3v) is 5.22. The van der Waals surface area contributed by atoms with Gasteiger partial charge in [0.1, 0.15) is 23.2 Å². The first-order valence-corrected chi connectivity index (χ1v) is 10.1. The van der Waals surface area contributed by atoms with Gasteiger partial charge in [0.15, 0.2) is 0 Å². The standard InChI is InChI=1S/C23H27F3N2O3/c1-13(2)10-18(22(29)30-5)27-21(23(24,25)26)14-6-8-16-17-12-15(28(3)4)7-9-19(17)31-20(16)11-14/h6-9,11-13,18,21,27H,10H2,1-5H3/t18-,21?/m0/s1. The molecule has 0 amide bonds. The Morgan fingerprint density at radius 2 is 1.81 bits per heavy atom. The van der Waals surface area contributed by atoms with Gasteiger partial charge in [-0.25, -0.2) is 0 Å². The van der Waals surface area contributed by atoms with Gasteiger partial charge in [-0.3, -0.25) is 10.1 Å². The topological polar surface area (TPSA) is 54.7 Å². The Kier molecular flexibility index (Phi) is 6.50. The van der Waals surface area contributed by atoms with Gasteiger partial charge < -0.3 is 14.1 Å². The largest absolute Gasteiger partial charge is 0.468 e. The van der Waals surface area contributed by atoms with Gasteiger partial charge in [-0.1, -0.05) is 26.0 Å². The van der Waals surface area contributed by atoms with Crippen LogP contribution in [0.5, 0.6) is 0 Å². The van der Waals surface area contributed by atoms with Crippen molar-refractivity contribution in [1.29, 1.82) is 0 Å². The van der Waals surface area contributed by atoms with E-state index in [1.807, 2.05) is 45.0 Å². The van der Waals surface area contributed by atoms with Crippen molar-refractivity contribution < 1.29 is 27.1 Å². The molecule has 0 fully saturated rings. The number of carbonyl (C=O) groups is 1. The van der Waals surface area contributed by atoms with E-state index < -0.39 is 24.2 Å². The van der Waals surface area contributed by atoms with Crippen LogP contribution in [0.2, 0.25) is 0 Å². The number of alkyl halides is 3. The molecule has 1 aromatic heterocycles. The molecule has 0 aliphatic carbocycles. The van der Waals surface area contributed by atoms with Crippen LogP contribution in [0, 0.1) is 5.92 Å². The predicted molar refractivity (Wildman–Crippen MR) is 115 cm³/mol. The smallest absolute Gasteiger partial charge is 0.407 e. The van der Waals surface area contributed by atoms with Crippen LogP contribution in [0.25, 0.3) is 21.9 Å². The van der Waals surface area contributed by atoms with Gasteiger partial charge in [-0.15, -0.1) is 0 Å². The van der Waals surface area contributed by atoms with Gasteiger partial charge in [0.25, 0.3) is 0 Å². The summed E-state index contributed by atoms with van der Waals surface area (Å²) in [7, 11) is 4.99. The molecule has 0 bridgehead atoms. The van der Waals surface area contributed by atoms with E-state index in [9.17, 15) is 18.0 Å². The number of halogens is 3. The lowest BCUT2D eigenvalue weighted by Gasteiger charge is -2.27. The summed E-state index contributed by atoms with van der Waals surface area (Å²) in [5, 5.41) is 4.03. The molecular formula is C23H27F3N2O3. The van der Waals surface area contributed by atoms with Gasteiger partial charge in [0.05, 0.1) is 7.11 Å². The van der Waals surface area contributed by atoms with Gasteiger partial charge in [0, 0.05) is 30.6 Å². The molecule has 2 atom stereocenters. The molecule has 0 aliphatic heterocycles. The lowest BCUT2D eigenvalue weighted by Crippen LogP contribution is -2.45. The highest BCUT2D eigenvalue weighted by molar-refractivity contribution is 6.06. The lowest BCUT2D eigenvalue weighted by atomic mass is 9.99. The summed E-state index contributed by atoms with van der Waals surface area (Å²) in [5.41, 5.74) is 1.90. The number of nitrogens with zero attached hydrogens (tertiary/aromatic N) is 1. The average molecular weight is 436 g/mol. The fourth-order valence-electron chi connectivity index (χ4n) is 3.67. The monoisotopic (exact) mass is 436 g/mol. The second kappa shape index (κ2) is 8.78. The minimum Gasteiger partial charge on any atom is -0.468 e. The Hall–Kier alpha value is -2.74. The maximum absolute atomic E-state index is 14.0. The number of fused-ring (bicyclic) bond motifs is 3. The van der Waals surface area contributed by atoms with E-state index in [1.54, 1.807) is 12.1 Å². The number of carbonyl (C=O) groups excluding carboxylic acids is 1. The van der Waals surface area contributed by atoms with Crippen LogP contribution in [0.4, 0.5) is 18.9 Å². The number of esters is 1. The molecule has 0 radical (unpaired) electrons. The molecule has 3 aromatic rings. The van der Waals surface area contributed by atoms with Crippen molar-refractivity contribution in [3.8, 4) is 0 Å². The quantitative estimate of drug-likeness (QED) is 0.501. The fourth-order valence-corrected chi connectivity index (χ4v) is 3.67. The molecule has 0 saturated carbocycles. The highest BCUT2D eigenvalue weighted by atomic mass is 19.4. The third kappa shape index (κ3) is 4.95. The maximum Gasteiger partial charge on any atom is 0.407 e. The van der Waals surface area contributed by atoms with Crippen LogP contribution in [0.1, 0.15) is 31.9 Å². The van der Waals surface area contributed by atoms with Gasteiger partial charge in [0.2, 0.25) is 0 Å². The molecule has 3 rings (SSSR count). The summed E-state index contributed by atoms with van der Waals surface area (Å²) in [5.74, 6) is -0.710. The summed E-state index contributed by atoms with van der Waals surface area (Å²) in [6.07, 6.45) is -4.39. The van der Waals surface area contributed by atoms with E-state index in [4.69, 9.17) is 9.15 Å². The van der Waals surface area contributed by atoms with E-state index in [1.165, 1.54) is 19.2 Å². The van der Waals surface area contributed by atoms with Crippen molar-refractivity contribution in [2.75, 3.05) is 26.1 Å². The third-order valence-electron chi connectivity index (χ3n) is 5.22. The van der Waals surface area contributed by atoms with Gasteiger partial charge in [-0.2, -0.15) is 13.2 Å². The zero-order valence-corrected chi connectivity index (χ0v) is 18.2. The predicted octanol–water partition coefficient (Wildman–Crippen LogP) is 5.43. The van der Waals surface area contributed by atoms with Gasteiger partial charge in [-0.05, 0) is 42.2 Å². The highest BCUT2D eigenvalue weighted by Gasteiger charge is 2.43. The van der Waals surface area contributed by atoms with Crippen molar-refractivity contribution in [3.05, 3.63) is 42.0 Å². The number of hydrogen-bond donors (Lipinski definition) is 1. The molecule has 168 valence electrons. The first kappa shape index (κ1) is 22.9. The maximum atomic E-state index is 14.0. The Bertz CT molecular complexity index is 1070. The summed E-state index contributed by atoms with van der Waals surface area (Å²) in [4.78, 5) is 14.0. The average Bonchev–Trinajstić information content (AvgIpc) is 3.05. The summed E-state index contributed by atoms with van der Waals surface area (Å²) >= 11 is 0. The van der Waals surface area contributed by atoms with E-state index >= 15 is 0 Å². The SMILES string of the molecule is COC(=O)[C@H](CC(C)C)NC(c1ccc2c(c1)oc1ccc(N(C)C)cc12)C(F)(F)F. The Morgan fingerprint density at radius 3 is 2.39 bits per heavy atom.